The second-order valence-corrected chi connectivity index (χ2v) is 9.51. The Kier molecular flexibility index (Phi) is 8.79. The van der Waals surface area contributed by atoms with Gasteiger partial charge in [-0.05, 0) is 46.0 Å². The van der Waals surface area contributed by atoms with Crippen LogP contribution in [-0.2, 0) is 11.3 Å². The lowest BCUT2D eigenvalue weighted by atomic mass is 9.94. The maximum absolute atomic E-state index is 13.0. The summed E-state index contributed by atoms with van der Waals surface area (Å²) in [5.41, 5.74) is 2.02. The molecular weight excluding hydrogens is 442 g/mol. The topological polar surface area (TPSA) is 113 Å². The van der Waals surface area contributed by atoms with Gasteiger partial charge in [0.1, 0.15) is 6.61 Å². The molecule has 3 amide bonds. The number of ketones is 1. The quantitative estimate of drug-likeness (QED) is 0.469. The van der Waals surface area contributed by atoms with Crippen molar-refractivity contribution >= 4 is 40.1 Å². The molecular formula is C23H31N5O4S. The number of anilines is 2. The van der Waals surface area contributed by atoms with Gasteiger partial charge in [-0.3, -0.25) is 10.1 Å². The van der Waals surface area contributed by atoms with Gasteiger partial charge in [0.15, 0.2) is 10.9 Å². The second kappa shape index (κ2) is 11.8. The number of thiazole rings is 1. The lowest BCUT2D eigenvalue weighted by molar-refractivity contribution is 0.0923. The maximum Gasteiger partial charge on any atom is 0.407 e. The molecule has 1 fully saturated rings. The van der Waals surface area contributed by atoms with E-state index in [1.54, 1.807) is 12.3 Å². The van der Waals surface area contributed by atoms with Crippen LogP contribution in [0.15, 0.2) is 24.4 Å². The summed E-state index contributed by atoms with van der Waals surface area (Å²) < 4.78 is 5.07. The first-order valence-electron chi connectivity index (χ1n) is 11.0. The number of amides is 3. The number of ether oxygens (including phenoxy) is 1. The van der Waals surface area contributed by atoms with Crippen LogP contribution in [0.1, 0.15) is 46.5 Å². The van der Waals surface area contributed by atoms with Crippen molar-refractivity contribution in [3.63, 3.8) is 0 Å². The molecule has 0 saturated heterocycles. The molecule has 1 aromatic heterocycles. The number of hydrogen-bond acceptors (Lipinski definition) is 7. The third kappa shape index (κ3) is 7.54. The molecule has 1 saturated carbocycles. The van der Waals surface area contributed by atoms with E-state index in [1.165, 1.54) is 11.3 Å². The van der Waals surface area contributed by atoms with Gasteiger partial charge in [-0.25, -0.2) is 14.6 Å². The minimum Gasteiger partial charge on any atom is -0.448 e. The zero-order valence-electron chi connectivity index (χ0n) is 19.3. The predicted molar refractivity (Wildman–Crippen MR) is 129 cm³/mol. The maximum atomic E-state index is 13.0. The van der Waals surface area contributed by atoms with Crippen LogP contribution < -0.4 is 16.0 Å². The summed E-state index contributed by atoms with van der Waals surface area (Å²) in [5.74, 6) is 0.116. The van der Waals surface area contributed by atoms with Crippen LogP contribution in [0, 0.1) is 12.8 Å². The Hall–Kier alpha value is -2.98. The van der Waals surface area contributed by atoms with Gasteiger partial charge >= 0.3 is 12.1 Å². The first-order valence-corrected chi connectivity index (χ1v) is 11.9. The van der Waals surface area contributed by atoms with Crippen molar-refractivity contribution in [2.45, 2.75) is 39.2 Å². The van der Waals surface area contributed by atoms with Crippen LogP contribution in [0.4, 0.5) is 20.4 Å². The summed E-state index contributed by atoms with van der Waals surface area (Å²) in [4.78, 5) is 44.1. The molecule has 0 spiro atoms. The Morgan fingerprint density at radius 2 is 1.94 bits per heavy atom. The molecule has 0 unspecified atom stereocenters. The second-order valence-electron chi connectivity index (χ2n) is 8.40. The van der Waals surface area contributed by atoms with E-state index < -0.39 is 12.1 Å². The fourth-order valence-electron chi connectivity index (χ4n) is 3.61. The number of likely N-dealkylation sites (N-methyl/N-ethyl adjacent to an activating group) is 1. The number of nitrogens with zero attached hydrogens (tertiary/aromatic N) is 2. The lowest BCUT2D eigenvalue weighted by Crippen LogP contribution is -2.27. The predicted octanol–water partition coefficient (Wildman–Crippen LogP) is 4.26. The van der Waals surface area contributed by atoms with E-state index in [0.717, 1.165) is 36.1 Å². The summed E-state index contributed by atoms with van der Waals surface area (Å²) in [6, 6.07) is 4.99. The number of carbonyl (C=O) groups excluding carboxylic acids is 3. The number of carbonyl (C=O) groups is 3. The van der Waals surface area contributed by atoms with Crippen molar-refractivity contribution in [1.82, 2.24) is 15.2 Å². The minimum absolute atomic E-state index is 0.0269. The molecule has 1 aromatic carbocycles. The molecule has 178 valence electrons. The van der Waals surface area contributed by atoms with Crippen LogP contribution in [0.3, 0.4) is 0 Å². The van der Waals surface area contributed by atoms with Gasteiger partial charge in [0, 0.05) is 29.1 Å². The summed E-state index contributed by atoms with van der Waals surface area (Å²) in [5, 5.41) is 8.52. The van der Waals surface area contributed by atoms with Crippen LogP contribution in [0.5, 0.6) is 0 Å². The van der Waals surface area contributed by atoms with E-state index in [1.807, 2.05) is 38.1 Å². The SMILES string of the molecule is Cc1ccc(NC(=O)Nc2ncc(CNC(=O)OCCN(C)C)s2)c(C(=O)C2CCCC2)c1. The van der Waals surface area contributed by atoms with Crippen molar-refractivity contribution in [2.75, 3.05) is 37.9 Å². The van der Waals surface area contributed by atoms with Crippen molar-refractivity contribution in [1.29, 1.82) is 0 Å². The smallest absolute Gasteiger partial charge is 0.407 e. The van der Waals surface area contributed by atoms with E-state index in [9.17, 15) is 14.4 Å². The number of hydrogen-bond donors (Lipinski definition) is 3. The Labute approximate surface area is 197 Å². The third-order valence-corrected chi connectivity index (χ3v) is 6.28. The van der Waals surface area contributed by atoms with Crippen molar-refractivity contribution in [3.05, 3.63) is 40.4 Å². The van der Waals surface area contributed by atoms with E-state index >= 15 is 0 Å². The largest absolute Gasteiger partial charge is 0.448 e. The molecule has 0 aliphatic heterocycles. The molecule has 0 atom stereocenters. The van der Waals surface area contributed by atoms with Gasteiger partial charge < -0.3 is 20.3 Å². The number of urea groups is 1. The van der Waals surface area contributed by atoms with Crippen LogP contribution in [0.25, 0.3) is 0 Å². The van der Waals surface area contributed by atoms with Crippen LogP contribution in [-0.4, -0.2) is 55.0 Å². The number of benzene rings is 1. The highest BCUT2D eigenvalue weighted by Gasteiger charge is 2.26. The standard InChI is InChI=1S/C23H31N5O4S/c1-15-8-9-19(18(12-15)20(29)16-6-4-5-7-16)26-21(30)27-22-24-13-17(33-22)14-25-23(31)32-11-10-28(2)3/h8-9,12-13,16H,4-7,10-11,14H2,1-3H3,(H,25,31)(H2,24,26,27,30). The molecule has 10 heteroatoms. The molecule has 0 radical (unpaired) electrons. The molecule has 33 heavy (non-hydrogen) atoms. The summed E-state index contributed by atoms with van der Waals surface area (Å²) in [6.45, 7) is 3.13. The number of alkyl carbamates (subject to hydrolysis) is 1. The highest BCUT2D eigenvalue weighted by molar-refractivity contribution is 7.15. The van der Waals surface area contributed by atoms with Gasteiger partial charge in [-0.2, -0.15) is 0 Å². The number of nitrogens with one attached hydrogen (secondary N) is 3. The first kappa shape index (κ1) is 24.7. The van der Waals surface area contributed by atoms with Gasteiger partial charge in [-0.1, -0.05) is 35.8 Å². The summed E-state index contributed by atoms with van der Waals surface area (Å²) in [7, 11) is 3.80. The summed E-state index contributed by atoms with van der Waals surface area (Å²) in [6.07, 6.45) is 5.02. The number of Topliss-reactive ketones (excluding diaryl/α,β-unsaturated/α-hetero) is 1. The number of aryl methyl sites for hydroxylation is 1. The van der Waals surface area contributed by atoms with Gasteiger partial charge in [0.25, 0.3) is 0 Å². The van der Waals surface area contributed by atoms with Crippen LogP contribution >= 0.6 is 11.3 Å². The highest BCUT2D eigenvalue weighted by Crippen LogP contribution is 2.31. The van der Waals surface area contributed by atoms with Crippen LogP contribution in [0.2, 0.25) is 0 Å². The Bertz CT molecular complexity index is 985. The van der Waals surface area contributed by atoms with Gasteiger partial charge in [-0.15, -0.1) is 0 Å². The van der Waals surface area contributed by atoms with Crippen molar-refractivity contribution < 1.29 is 19.1 Å². The minimum atomic E-state index is -0.503. The third-order valence-electron chi connectivity index (χ3n) is 5.37. The monoisotopic (exact) mass is 473 g/mol. The van der Waals surface area contributed by atoms with E-state index in [2.05, 4.69) is 20.9 Å². The van der Waals surface area contributed by atoms with Gasteiger partial charge in [0.05, 0.1) is 12.2 Å². The number of aromatic nitrogens is 1. The zero-order chi connectivity index (χ0) is 23.8. The van der Waals surface area contributed by atoms with E-state index in [-0.39, 0.29) is 18.2 Å². The van der Waals surface area contributed by atoms with Crippen molar-refractivity contribution in [2.24, 2.45) is 5.92 Å². The molecule has 0 bridgehead atoms. The molecule has 1 aliphatic carbocycles. The molecule has 2 aromatic rings. The average Bonchev–Trinajstić information content (AvgIpc) is 3.45. The average molecular weight is 474 g/mol. The Balaban J connectivity index is 1.53. The molecule has 3 N–H and O–H groups in total. The van der Waals surface area contributed by atoms with Crippen molar-refractivity contribution in [3.8, 4) is 0 Å². The lowest BCUT2D eigenvalue weighted by Gasteiger charge is -2.14. The Morgan fingerprint density at radius 3 is 2.67 bits per heavy atom. The zero-order valence-corrected chi connectivity index (χ0v) is 20.1. The molecule has 3 rings (SSSR count). The molecule has 1 aliphatic rings. The molecule has 9 nitrogen and oxygen atoms in total. The normalized spacial score (nSPS) is 13.7. The fraction of sp³-hybridized carbons (Fsp3) is 0.478. The fourth-order valence-corrected chi connectivity index (χ4v) is 4.36. The number of rotatable bonds is 9. The first-order chi connectivity index (χ1) is 15.8. The Morgan fingerprint density at radius 1 is 1.18 bits per heavy atom. The highest BCUT2D eigenvalue weighted by atomic mass is 32.1. The van der Waals surface area contributed by atoms with E-state index in [4.69, 9.17) is 4.74 Å². The summed E-state index contributed by atoms with van der Waals surface area (Å²) >= 11 is 1.25. The van der Waals surface area contributed by atoms with E-state index in [0.29, 0.717) is 29.5 Å². The van der Waals surface area contributed by atoms with Gasteiger partial charge in [0.2, 0.25) is 0 Å². The molecule has 1 heterocycles.